The fourth-order valence-corrected chi connectivity index (χ4v) is 3.73. The highest BCUT2D eigenvalue weighted by molar-refractivity contribution is 5.94. The molecule has 0 amide bonds. The average molecular weight is 408 g/mol. The lowest BCUT2D eigenvalue weighted by atomic mass is 9.98. The van der Waals surface area contributed by atoms with E-state index in [0.29, 0.717) is 56.4 Å². The van der Waals surface area contributed by atoms with Gasteiger partial charge in [-0.25, -0.2) is 0 Å². The maximum atomic E-state index is 13.5. The van der Waals surface area contributed by atoms with E-state index in [1.165, 1.54) is 13.4 Å². The number of rotatable bonds is 3. The van der Waals surface area contributed by atoms with Gasteiger partial charge >= 0.3 is 0 Å². The van der Waals surface area contributed by atoms with Crippen LogP contribution in [0.3, 0.4) is 0 Å². The molecule has 7 nitrogen and oxygen atoms in total. The first-order chi connectivity index (χ1) is 14.4. The van der Waals surface area contributed by atoms with Gasteiger partial charge in [0.25, 0.3) is 0 Å². The van der Waals surface area contributed by atoms with Crippen LogP contribution in [0.1, 0.15) is 19.4 Å². The number of hydrogen-bond acceptors (Lipinski definition) is 7. The fourth-order valence-electron chi connectivity index (χ4n) is 3.73. The molecule has 3 aromatic rings. The summed E-state index contributed by atoms with van der Waals surface area (Å²) in [5.74, 6) is 2.63. The van der Waals surface area contributed by atoms with Crippen LogP contribution in [0, 0.1) is 0 Å². The van der Waals surface area contributed by atoms with Crippen molar-refractivity contribution in [3.63, 3.8) is 0 Å². The first-order valence-corrected chi connectivity index (χ1v) is 9.44. The standard InChI is InChI=1S/C23H20O7/c1-23(2)6-5-12-21-14(8-19(26-4)22(12)30-23)20(24)15(10-27-21)13-7-17-18(29-11-28-17)9-16(13)25-3/h5-10H,11H2,1-4H3. The molecular weight excluding hydrogens is 388 g/mol. The molecule has 0 radical (unpaired) electrons. The molecule has 0 N–H and O–H groups in total. The summed E-state index contributed by atoms with van der Waals surface area (Å²) in [5.41, 5.74) is 1.31. The SMILES string of the molecule is COc1cc2c(cc1-c1coc3c4c(c(OC)cc3c1=O)OC(C)(C)C=C4)OCO2. The summed E-state index contributed by atoms with van der Waals surface area (Å²) in [5, 5.41) is 0.385. The van der Waals surface area contributed by atoms with Crippen molar-refractivity contribution < 1.29 is 28.1 Å². The van der Waals surface area contributed by atoms with Gasteiger partial charge in [-0.2, -0.15) is 0 Å². The minimum absolute atomic E-state index is 0.125. The Balaban J connectivity index is 1.76. The molecule has 3 heterocycles. The molecule has 30 heavy (non-hydrogen) atoms. The highest BCUT2D eigenvalue weighted by atomic mass is 16.7. The predicted molar refractivity (Wildman–Crippen MR) is 111 cm³/mol. The molecule has 154 valence electrons. The second-order valence-electron chi connectivity index (χ2n) is 7.62. The Morgan fingerprint density at radius 2 is 1.70 bits per heavy atom. The molecule has 5 rings (SSSR count). The highest BCUT2D eigenvalue weighted by Crippen LogP contribution is 2.45. The summed E-state index contributed by atoms with van der Waals surface area (Å²) >= 11 is 0. The zero-order valence-electron chi connectivity index (χ0n) is 17.0. The average Bonchev–Trinajstić information content (AvgIpc) is 3.19. The van der Waals surface area contributed by atoms with Gasteiger partial charge in [0.2, 0.25) is 12.2 Å². The lowest BCUT2D eigenvalue weighted by Crippen LogP contribution is -2.28. The Morgan fingerprint density at radius 3 is 2.43 bits per heavy atom. The molecule has 1 aromatic heterocycles. The van der Waals surface area contributed by atoms with E-state index in [2.05, 4.69) is 0 Å². The van der Waals surface area contributed by atoms with Crippen LogP contribution in [-0.4, -0.2) is 26.6 Å². The van der Waals surface area contributed by atoms with Gasteiger partial charge < -0.3 is 28.1 Å². The summed E-state index contributed by atoms with van der Waals surface area (Å²) in [6.45, 7) is 4.02. The van der Waals surface area contributed by atoms with Crippen LogP contribution in [0.4, 0.5) is 0 Å². The van der Waals surface area contributed by atoms with Gasteiger partial charge in [0.15, 0.2) is 23.0 Å². The minimum Gasteiger partial charge on any atom is -0.496 e. The van der Waals surface area contributed by atoms with E-state index < -0.39 is 5.60 Å². The zero-order chi connectivity index (χ0) is 21.0. The third-order valence-corrected chi connectivity index (χ3v) is 5.24. The maximum Gasteiger partial charge on any atom is 0.231 e. The highest BCUT2D eigenvalue weighted by Gasteiger charge is 2.29. The molecular formula is C23H20O7. The van der Waals surface area contributed by atoms with E-state index in [4.69, 9.17) is 28.1 Å². The Kier molecular flexibility index (Phi) is 3.96. The molecule has 0 spiro atoms. The topological polar surface area (TPSA) is 76.4 Å². The van der Waals surface area contributed by atoms with Crippen LogP contribution >= 0.6 is 0 Å². The first kappa shape index (κ1) is 18.4. The van der Waals surface area contributed by atoms with E-state index >= 15 is 0 Å². The van der Waals surface area contributed by atoms with Crippen molar-refractivity contribution in [1.82, 2.24) is 0 Å². The van der Waals surface area contributed by atoms with Crippen molar-refractivity contribution in [2.24, 2.45) is 0 Å². The molecule has 0 fully saturated rings. The molecule has 2 aliphatic heterocycles. The molecule has 0 unspecified atom stereocenters. The monoisotopic (exact) mass is 408 g/mol. The first-order valence-electron chi connectivity index (χ1n) is 9.44. The quantitative estimate of drug-likeness (QED) is 0.636. The van der Waals surface area contributed by atoms with Gasteiger partial charge in [-0.1, -0.05) is 0 Å². The predicted octanol–water partition coefficient (Wildman–Crippen LogP) is 4.39. The molecule has 0 saturated carbocycles. The number of methoxy groups -OCH3 is 2. The summed E-state index contributed by atoms with van der Waals surface area (Å²) in [7, 11) is 3.08. The fraction of sp³-hybridized carbons (Fsp3) is 0.261. The molecule has 0 bridgehead atoms. The summed E-state index contributed by atoms with van der Waals surface area (Å²) in [6, 6.07) is 5.08. The normalized spacial score (nSPS) is 15.6. The number of hydrogen-bond donors (Lipinski definition) is 0. The van der Waals surface area contributed by atoms with E-state index in [1.54, 1.807) is 25.3 Å². The van der Waals surface area contributed by atoms with Gasteiger partial charge in [-0.15, -0.1) is 0 Å². The van der Waals surface area contributed by atoms with Crippen molar-refractivity contribution in [3.8, 4) is 39.9 Å². The van der Waals surface area contributed by atoms with Crippen molar-refractivity contribution in [3.05, 3.63) is 46.3 Å². The molecule has 0 saturated heterocycles. The molecule has 2 aliphatic rings. The van der Waals surface area contributed by atoms with Gasteiger partial charge in [0.05, 0.1) is 30.7 Å². The Bertz CT molecular complexity index is 1270. The van der Waals surface area contributed by atoms with Crippen LogP contribution < -0.4 is 29.1 Å². The number of ether oxygens (including phenoxy) is 5. The molecule has 0 aliphatic carbocycles. The Morgan fingerprint density at radius 1 is 0.967 bits per heavy atom. The Hall–Kier alpha value is -3.61. The second-order valence-corrected chi connectivity index (χ2v) is 7.62. The van der Waals surface area contributed by atoms with Crippen LogP contribution in [0.5, 0.6) is 28.7 Å². The van der Waals surface area contributed by atoms with Gasteiger partial charge in [-0.05, 0) is 38.1 Å². The van der Waals surface area contributed by atoms with Crippen LogP contribution in [-0.2, 0) is 0 Å². The van der Waals surface area contributed by atoms with Crippen LogP contribution in [0.15, 0.2) is 39.7 Å². The molecule has 0 atom stereocenters. The maximum absolute atomic E-state index is 13.5. The summed E-state index contributed by atoms with van der Waals surface area (Å²) < 4.78 is 33.9. The largest absolute Gasteiger partial charge is 0.496 e. The lowest BCUT2D eigenvalue weighted by molar-refractivity contribution is 0.152. The smallest absolute Gasteiger partial charge is 0.231 e. The van der Waals surface area contributed by atoms with E-state index in [9.17, 15) is 4.79 Å². The van der Waals surface area contributed by atoms with Crippen molar-refractivity contribution >= 4 is 17.0 Å². The molecule has 2 aromatic carbocycles. The van der Waals surface area contributed by atoms with E-state index in [-0.39, 0.29) is 12.2 Å². The number of benzene rings is 2. The Labute approximate surface area is 172 Å². The lowest BCUT2D eigenvalue weighted by Gasteiger charge is -2.29. The van der Waals surface area contributed by atoms with Gasteiger partial charge in [0, 0.05) is 11.6 Å². The number of fused-ring (bicyclic) bond motifs is 4. The third-order valence-electron chi connectivity index (χ3n) is 5.24. The van der Waals surface area contributed by atoms with E-state index in [1.807, 2.05) is 26.0 Å². The molecule has 7 heteroatoms. The van der Waals surface area contributed by atoms with Crippen LogP contribution in [0.2, 0.25) is 0 Å². The minimum atomic E-state index is -0.492. The van der Waals surface area contributed by atoms with Crippen molar-refractivity contribution in [2.75, 3.05) is 21.0 Å². The second kappa shape index (κ2) is 6.45. The van der Waals surface area contributed by atoms with Gasteiger partial charge in [0.1, 0.15) is 23.2 Å². The third kappa shape index (κ3) is 2.69. The summed E-state index contributed by atoms with van der Waals surface area (Å²) in [6.07, 6.45) is 5.25. The van der Waals surface area contributed by atoms with Crippen molar-refractivity contribution in [2.45, 2.75) is 19.4 Å². The summed E-state index contributed by atoms with van der Waals surface area (Å²) in [4.78, 5) is 13.5. The van der Waals surface area contributed by atoms with Gasteiger partial charge in [-0.3, -0.25) is 4.79 Å². The van der Waals surface area contributed by atoms with Crippen LogP contribution in [0.25, 0.3) is 28.2 Å². The zero-order valence-corrected chi connectivity index (χ0v) is 17.0. The van der Waals surface area contributed by atoms with E-state index in [0.717, 1.165) is 0 Å². The van der Waals surface area contributed by atoms with Crippen molar-refractivity contribution in [1.29, 1.82) is 0 Å².